The number of anilines is 1. The predicted octanol–water partition coefficient (Wildman–Crippen LogP) is 5.01. The number of carbonyl (C=O) groups is 2. The van der Waals surface area contributed by atoms with Gasteiger partial charge in [0.05, 0.1) is 19.2 Å². The highest BCUT2D eigenvalue weighted by Crippen LogP contribution is 2.33. The van der Waals surface area contributed by atoms with E-state index in [2.05, 4.69) is 5.32 Å². The number of benzene rings is 3. The lowest BCUT2D eigenvalue weighted by Gasteiger charge is -2.17. The molecule has 0 atom stereocenters. The quantitative estimate of drug-likeness (QED) is 0.563. The number of carbonyl (C=O) groups excluding carboxylic acids is 2. The Morgan fingerprint density at radius 3 is 2.34 bits per heavy atom. The number of nitrogens with one attached hydrogen (secondary N) is 1. The van der Waals surface area contributed by atoms with Gasteiger partial charge < -0.3 is 10.1 Å². The topological polar surface area (TPSA) is 58.6 Å². The van der Waals surface area contributed by atoms with E-state index in [1.165, 1.54) is 4.90 Å². The van der Waals surface area contributed by atoms with E-state index in [4.69, 9.17) is 4.74 Å². The van der Waals surface area contributed by atoms with E-state index in [1.807, 2.05) is 87.5 Å². The van der Waals surface area contributed by atoms with E-state index >= 15 is 0 Å². The lowest BCUT2D eigenvalue weighted by molar-refractivity contribution is -0.137. The summed E-state index contributed by atoms with van der Waals surface area (Å²) in [4.78, 5) is 28.3. The summed E-state index contributed by atoms with van der Waals surface area (Å²) in [6.45, 7) is 6.14. The zero-order valence-electron chi connectivity index (χ0n) is 18.7. The Labute approximate surface area is 188 Å². The Hall–Kier alpha value is -3.86. The third-order valence-electron chi connectivity index (χ3n) is 5.77. The SMILES string of the molecule is COc1ccccc1CN1C(=O)C(Nc2cccc(C)c2)=C(c2ccc(C)c(C)c2)C1=O. The molecular weight excluding hydrogens is 400 g/mol. The van der Waals surface area contributed by atoms with Crippen molar-refractivity contribution in [2.75, 3.05) is 12.4 Å². The highest BCUT2D eigenvalue weighted by atomic mass is 16.5. The summed E-state index contributed by atoms with van der Waals surface area (Å²) in [6.07, 6.45) is 0. The Bertz CT molecular complexity index is 1240. The maximum atomic E-state index is 13.6. The first kappa shape index (κ1) is 21.4. The van der Waals surface area contributed by atoms with Gasteiger partial charge in [-0.05, 0) is 61.2 Å². The first-order chi connectivity index (χ1) is 15.4. The van der Waals surface area contributed by atoms with Crippen LogP contribution in [0, 0.1) is 20.8 Å². The van der Waals surface area contributed by atoms with Crippen molar-refractivity contribution in [2.24, 2.45) is 0 Å². The molecule has 5 heteroatoms. The average Bonchev–Trinajstić information content (AvgIpc) is 3.00. The summed E-state index contributed by atoms with van der Waals surface area (Å²) in [5.41, 5.74) is 6.19. The van der Waals surface area contributed by atoms with Gasteiger partial charge in [-0.1, -0.05) is 48.5 Å². The first-order valence-electron chi connectivity index (χ1n) is 10.5. The molecule has 1 N–H and O–H groups in total. The molecule has 4 rings (SSSR count). The standard InChI is InChI=1S/C27H26N2O3/c1-17-8-7-10-22(14-17)28-25-24(20-13-12-18(2)19(3)15-20)26(30)29(27(25)31)16-21-9-5-6-11-23(21)32-4/h5-15,28H,16H2,1-4H3. The smallest absolute Gasteiger partial charge is 0.278 e. The number of nitrogens with zero attached hydrogens (tertiary/aromatic N) is 1. The summed E-state index contributed by atoms with van der Waals surface area (Å²) >= 11 is 0. The maximum absolute atomic E-state index is 13.6. The van der Waals surface area contributed by atoms with E-state index in [1.54, 1.807) is 7.11 Å². The van der Waals surface area contributed by atoms with Crippen molar-refractivity contribution >= 4 is 23.1 Å². The zero-order chi connectivity index (χ0) is 22.8. The molecule has 0 radical (unpaired) electrons. The molecule has 2 amide bonds. The van der Waals surface area contributed by atoms with Crippen molar-refractivity contribution in [3.8, 4) is 5.75 Å². The van der Waals surface area contributed by atoms with Crippen molar-refractivity contribution in [3.05, 3.63) is 100 Å². The fraction of sp³-hybridized carbons (Fsp3) is 0.185. The molecule has 5 nitrogen and oxygen atoms in total. The van der Waals surface area contributed by atoms with Gasteiger partial charge in [0, 0.05) is 11.3 Å². The highest BCUT2D eigenvalue weighted by molar-refractivity contribution is 6.36. The predicted molar refractivity (Wildman–Crippen MR) is 126 cm³/mol. The minimum atomic E-state index is -0.351. The van der Waals surface area contributed by atoms with Crippen LogP contribution in [0.5, 0.6) is 5.75 Å². The van der Waals surface area contributed by atoms with Crippen molar-refractivity contribution in [2.45, 2.75) is 27.3 Å². The summed E-state index contributed by atoms with van der Waals surface area (Å²) in [5.74, 6) is -0.0316. The summed E-state index contributed by atoms with van der Waals surface area (Å²) < 4.78 is 5.42. The number of para-hydroxylation sites is 1. The fourth-order valence-electron chi connectivity index (χ4n) is 3.87. The third-order valence-corrected chi connectivity index (χ3v) is 5.77. The molecule has 1 heterocycles. The van der Waals surface area contributed by atoms with Gasteiger partial charge >= 0.3 is 0 Å². The molecule has 0 fully saturated rings. The maximum Gasteiger partial charge on any atom is 0.278 e. The van der Waals surface area contributed by atoms with Gasteiger partial charge in [-0.3, -0.25) is 14.5 Å². The third kappa shape index (κ3) is 4.02. The molecule has 32 heavy (non-hydrogen) atoms. The minimum Gasteiger partial charge on any atom is -0.496 e. The number of methoxy groups -OCH3 is 1. The summed E-state index contributed by atoms with van der Waals surface area (Å²) in [5, 5.41) is 3.23. The van der Waals surface area contributed by atoms with Crippen LogP contribution in [-0.4, -0.2) is 23.8 Å². The van der Waals surface area contributed by atoms with Gasteiger partial charge in [0.15, 0.2) is 0 Å². The lowest BCUT2D eigenvalue weighted by atomic mass is 9.99. The van der Waals surface area contributed by atoms with Gasteiger partial charge in [0.25, 0.3) is 11.8 Å². The molecule has 162 valence electrons. The van der Waals surface area contributed by atoms with Crippen LogP contribution in [0.25, 0.3) is 5.57 Å². The number of rotatable bonds is 6. The van der Waals surface area contributed by atoms with Crippen LogP contribution in [0.2, 0.25) is 0 Å². The van der Waals surface area contributed by atoms with Crippen LogP contribution in [-0.2, 0) is 16.1 Å². The first-order valence-corrected chi connectivity index (χ1v) is 10.5. The van der Waals surface area contributed by atoms with Crippen LogP contribution >= 0.6 is 0 Å². The normalized spacial score (nSPS) is 13.7. The Kier molecular flexibility index (Phi) is 5.82. The molecule has 3 aromatic rings. The zero-order valence-corrected chi connectivity index (χ0v) is 18.7. The molecule has 3 aromatic carbocycles. The van der Waals surface area contributed by atoms with Gasteiger partial charge in [0.1, 0.15) is 11.4 Å². The molecule has 0 saturated carbocycles. The lowest BCUT2D eigenvalue weighted by Crippen LogP contribution is -2.32. The van der Waals surface area contributed by atoms with Gasteiger partial charge in [0.2, 0.25) is 0 Å². The summed E-state index contributed by atoms with van der Waals surface area (Å²) in [7, 11) is 1.58. The number of imide groups is 1. The Balaban J connectivity index is 1.78. The second-order valence-electron chi connectivity index (χ2n) is 8.05. The number of ether oxygens (including phenoxy) is 1. The fourth-order valence-corrected chi connectivity index (χ4v) is 3.87. The molecule has 0 aromatic heterocycles. The number of amides is 2. The van der Waals surface area contributed by atoms with E-state index in [-0.39, 0.29) is 18.4 Å². The van der Waals surface area contributed by atoms with E-state index in [9.17, 15) is 9.59 Å². The number of hydrogen-bond acceptors (Lipinski definition) is 4. The summed E-state index contributed by atoms with van der Waals surface area (Å²) in [6, 6.07) is 21.0. The molecule has 0 aliphatic carbocycles. The number of hydrogen-bond donors (Lipinski definition) is 1. The van der Waals surface area contributed by atoms with E-state index in [0.717, 1.165) is 33.5 Å². The highest BCUT2D eigenvalue weighted by Gasteiger charge is 2.39. The Morgan fingerprint density at radius 1 is 0.844 bits per heavy atom. The van der Waals surface area contributed by atoms with Crippen molar-refractivity contribution in [1.29, 1.82) is 0 Å². The van der Waals surface area contributed by atoms with E-state index in [0.29, 0.717) is 17.0 Å². The largest absolute Gasteiger partial charge is 0.496 e. The van der Waals surface area contributed by atoms with Crippen LogP contribution in [0.15, 0.2) is 72.4 Å². The molecule has 0 unspecified atom stereocenters. The molecular formula is C27H26N2O3. The number of aryl methyl sites for hydroxylation is 3. The van der Waals surface area contributed by atoms with Gasteiger partial charge in [-0.15, -0.1) is 0 Å². The van der Waals surface area contributed by atoms with Crippen LogP contribution in [0.1, 0.15) is 27.8 Å². The Morgan fingerprint density at radius 2 is 1.62 bits per heavy atom. The van der Waals surface area contributed by atoms with Gasteiger partial charge in [-0.2, -0.15) is 0 Å². The van der Waals surface area contributed by atoms with Gasteiger partial charge in [-0.25, -0.2) is 0 Å². The van der Waals surface area contributed by atoms with Crippen LogP contribution in [0.3, 0.4) is 0 Å². The van der Waals surface area contributed by atoms with Crippen LogP contribution in [0.4, 0.5) is 5.69 Å². The minimum absolute atomic E-state index is 0.134. The van der Waals surface area contributed by atoms with Crippen molar-refractivity contribution in [3.63, 3.8) is 0 Å². The average molecular weight is 427 g/mol. The van der Waals surface area contributed by atoms with Crippen LogP contribution < -0.4 is 10.1 Å². The molecule has 0 saturated heterocycles. The monoisotopic (exact) mass is 426 g/mol. The molecule has 1 aliphatic rings. The van der Waals surface area contributed by atoms with Crippen molar-refractivity contribution in [1.82, 2.24) is 4.90 Å². The van der Waals surface area contributed by atoms with E-state index < -0.39 is 0 Å². The molecule has 0 spiro atoms. The molecule has 1 aliphatic heterocycles. The molecule has 0 bridgehead atoms. The second-order valence-corrected chi connectivity index (χ2v) is 8.05. The van der Waals surface area contributed by atoms with Crippen molar-refractivity contribution < 1.29 is 14.3 Å². The second kappa shape index (κ2) is 8.71.